The molecule has 0 atom stereocenters. The van der Waals surface area contributed by atoms with Crippen LogP contribution in [0.5, 0.6) is 0 Å². The molecular formula is C24H28BrClN4O. The number of rotatable bonds is 7. The third kappa shape index (κ3) is 5.68. The Labute approximate surface area is 196 Å². The van der Waals surface area contributed by atoms with Gasteiger partial charge in [0.15, 0.2) is 0 Å². The lowest BCUT2D eigenvalue weighted by atomic mass is 9.90. The van der Waals surface area contributed by atoms with Crippen molar-refractivity contribution in [2.24, 2.45) is 5.92 Å². The van der Waals surface area contributed by atoms with Gasteiger partial charge >= 0.3 is 5.69 Å². The highest BCUT2D eigenvalue weighted by atomic mass is 79.9. The van der Waals surface area contributed by atoms with Crippen LogP contribution in [0, 0.1) is 12.8 Å². The van der Waals surface area contributed by atoms with Crippen LogP contribution in [0.4, 0.5) is 0 Å². The van der Waals surface area contributed by atoms with E-state index in [0.29, 0.717) is 19.0 Å². The van der Waals surface area contributed by atoms with Crippen LogP contribution < -0.4 is 5.69 Å². The molecule has 0 N–H and O–H groups in total. The standard InChI is InChI=1S/C24H28BrClN4O/c1-18-27-30(24(31)29(18)17-20-5-3-2-4-6-20)14-13-28-11-9-19(10-12-28)15-21-16-22(26)7-8-23(21)25/h2-8,16,19H,9-15,17H2,1H3. The number of piperidine rings is 1. The third-order valence-corrected chi connectivity index (χ3v) is 7.15. The first-order valence-corrected chi connectivity index (χ1v) is 12.0. The van der Waals surface area contributed by atoms with E-state index in [2.05, 4.69) is 32.0 Å². The molecule has 3 aromatic rings. The number of hydrogen-bond donors (Lipinski definition) is 0. The minimum absolute atomic E-state index is 0.0259. The molecule has 164 valence electrons. The maximum Gasteiger partial charge on any atom is 0.346 e. The van der Waals surface area contributed by atoms with E-state index in [1.165, 1.54) is 5.56 Å². The predicted octanol–water partition coefficient (Wildman–Crippen LogP) is 4.77. The summed E-state index contributed by atoms with van der Waals surface area (Å²) in [6, 6.07) is 16.1. The van der Waals surface area contributed by atoms with Crippen LogP contribution in [0.25, 0.3) is 0 Å². The number of halogens is 2. The topological polar surface area (TPSA) is 43.1 Å². The van der Waals surface area contributed by atoms with Gasteiger partial charge in [-0.25, -0.2) is 9.48 Å². The van der Waals surface area contributed by atoms with Gasteiger partial charge in [-0.1, -0.05) is 57.9 Å². The summed E-state index contributed by atoms with van der Waals surface area (Å²) in [5, 5.41) is 5.30. The van der Waals surface area contributed by atoms with E-state index in [1.807, 2.05) is 49.4 Å². The van der Waals surface area contributed by atoms with Crippen LogP contribution in [0.15, 0.2) is 57.8 Å². The van der Waals surface area contributed by atoms with Crippen LogP contribution >= 0.6 is 27.5 Å². The Bertz CT molecular complexity index is 1070. The van der Waals surface area contributed by atoms with Crippen molar-refractivity contribution in [2.75, 3.05) is 19.6 Å². The van der Waals surface area contributed by atoms with Crippen molar-refractivity contribution in [1.82, 2.24) is 19.2 Å². The fourth-order valence-corrected chi connectivity index (χ4v) is 4.91. The van der Waals surface area contributed by atoms with Gasteiger partial charge < -0.3 is 4.90 Å². The van der Waals surface area contributed by atoms with Crippen molar-refractivity contribution in [2.45, 2.75) is 39.3 Å². The van der Waals surface area contributed by atoms with E-state index in [4.69, 9.17) is 11.6 Å². The highest BCUT2D eigenvalue weighted by molar-refractivity contribution is 9.10. The number of likely N-dealkylation sites (tertiary alicyclic amines) is 1. The highest BCUT2D eigenvalue weighted by Crippen LogP contribution is 2.27. The Kier molecular flexibility index (Phi) is 7.31. The average molecular weight is 504 g/mol. The molecule has 0 saturated carbocycles. The smallest absolute Gasteiger partial charge is 0.301 e. The molecule has 0 unspecified atom stereocenters. The largest absolute Gasteiger partial charge is 0.346 e. The van der Waals surface area contributed by atoms with Crippen LogP contribution in [-0.4, -0.2) is 38.9 Å². The Morgan fingerprint density at radius 3 is 2.58 bits per heavy atom. The van der Waals surface area contributed by atoms with E-state index in [1.54, 1.807) is 9.25 Å². The maximum atomic E-state index is 12.8. The molecule has 7 heteroatoms. The van der Waals surface area contributed by atoms with Gasteiger partial charge in [-0.05, 0) is 74.5 Å². The second kappa shape index (κ2) is 10.2. The van der Waals surface area contributed by atoms with Crippen molar-refractivity contribution in [1.29, 1.82) is 0 Å². The minimum Gasteiger partial charge on any atom is -0.301 e. The lowest BCUT2D eigenvalue weighted by Gasteiger charge is -2.32. The van der Waals surface area contributed by atoms with Gasteiger partial charge in [0.05, 0.1) is 13.1 Å². The van der Waals surface area contributed by atoms with Gasteiger partial charge in [0.1, 0.15) is 5.82 Å². The van der Waals surface area contributed by atoms with Crippen LogP contribution in [0.3, 0.4) is 0 Å². The quantitative estimate of drug-likeness (QED) is 0.466. The number of nitrogens with zero attached hydrogens (tertiary/aromatic N) is 4. The molecule has 2 aromatic carbocycles. The minimum atomic E-state index is -0.0259. The predicted molar refractivity (Wildman–Crippen MR) is 129 cm³/mol. The third-order valence-electron chi connectivity index (χ3n) is 6.14. The Balaban J connectivity index is 1.29. The molecule has 4 rings (SSSR count). The van der Waals surface area contributed by atoms with Crippen molar-refractivity contribution in [3.63, 3.8) is 0 Å². The Hall–Kier alpha value is -1.89. The molecule has 0 spiro atoms. The van der Waals surface area contributed by atoms with Gasteiger partial charge in [-0.2, -0.15) is 5.10 Å². The lowest BCUT2D eigenvalue weighted by molar-refractivity contribution is 0.176. The van der Waals surface area contributed by atoms with Crippen LogP contribution in [0.2, 0.25) is 5.02 Å². The number of aryl methyl sites for hydroxylation is 1. The van der Waals surface area contributed by atoms with Crippen molar-refractivity contribution < 1.29 is 0 Å². The van der Waals surface area contributed by atoms with Crippen molar-refractivity contribution >= 4 is 27.5 Å². The first-order chi connectivity index (χ1) is 15.0. The van der Waals surface area contributed by atoms with E-state index in [9.17, 15) is 4.79 Å². The second-order valence-electron chi connectivity index (χ2n) is 8.35. The monoisotopic (exact) mass is 502 g/mol. The van der Waals surface area contributed by atoms with E-state index >= 15 is 0 Å². The van der Waals surface area contributed by atoms with Crippen LogP contribution in [-0.2, 0) is 19.5 Å². The van der Waals surface area contributed by atoms with Crippen molar-refractivity contribution in [3.05, 3.63) is 85.5 Å². The van der Waals surface area contributed by atoms with E-state index < -0.39 is 0 Å². The summed E-state index contributed by atoms with van der Waals surface area (Å²) in [5.74, 6) is 1.43. The molecule has 0 bridgehead atoms. The Morgan fingerprint density at radius 1 is 1.10 bits per heavy atom. The number of aromatic nitrogens is 3. The zero-order chi connectivity index (χ0) is 21.8. The van der Waals surface area contributed by atoms with Crippen LogP contribution in [0.1, 0.15) is 29.8 Å². The summed E-state index contributed by atoms with van der Waals surface area (Å²) in [7, 11) is 0. The molecule has 1 aromatic heterocycles. The summed E-state index contributed by atoms with van der Waals surface area (Å²) < 4.78 is 4.51. The summed E-state index contributed by atoms with van der Waals surface area (Å²) >= 11 is 9.81. The molecule has 0 radical (unpaired) electrons. The molecule has 0 amide bonds. The first-order valence-electron chi connectivity index (χ1n) is 10.8. The summed E-state index contributed by atoms with van der Waals surface area (Å²) in [4.78, 5) is 15.3. The maximum absolute atomic E-state index is 12.8. The summed E-state index contributed by atoms with van der Waals surface area (Å²) in [5.41, 5.74) is 2.37. The molecule has 31 heavy (non-hydrogen) atoms. The molecule has 5 nitrogen and oxygen atoms in total. The zero-order valence-electron chi connectivity index (χ0n) is 17.8. The molecule has 1 fully saturated rings. The molecule has 2 heterocycles. The number of benzene rings is 2. The SMILES string of the molecule is Cc1nn(CCN2CCC(Cc3cc(Cl)ccc3Br)CC2)c(=O)n1Cc1ccccc1. The Morgan fingerprint density at radius 2 is 1.84 bits per heavy atom. The zero-order valence-corrected chi connectivity index (χ0v) is 20.1. The average Bonchev–Trinajstić information content (AvgIpc) is 3.04. The fourth-order valence-electron chi connectivity index (χ4n) is 4.30. The first kappa shape index (κ1) is 22.3. The fraction of sp³-hybridized carbons (Fsp3) is 0.417. The van der Waals surface area contributed by atoms with E-state index in [0.717, 1.165) is 59.8 Å². The van der Waals surface area contributed by atoms with Gasteiger partial charge in [0.25, 0.3) is 0 Å². The molecule has 0 aliphatic carbocycles. The number of hydrogen-bond acceptors (Lipinski definition) is 3. The van der Waals surface area contributed by atoms with Gasteiger partial charge in [-0.3, -0.25) is 4.57 Å². The van der Waals surface area contributed by atoms with Crippen molar-refractivity contribution in [3.8, 4) is 0 Å². The highest BCUT2D eigenvalue weighted by Gasteiger charge is 2.21. The molecular weight excluding hydrogens is 476 g/mol. The summed E-state index contributed by atoms with van der Waals surface area (Å²) in [6.45, 7) is 6.07. The molecule has 1 aliphatic heterocycles. The second-order valence-corrected chi connectivity index (χ2v) is 9.64. The van der Waals surface area contributed by atoms with Gasteiger partial charge in [-0.15, -0.1) is 0 Å². The van der Waals surface area contributed by atoms with E-state index in [-0.39, 0.29) is 5.69 Å². The lowest BCUT2D eigenvalue weighted by Crippen LogP contribution is -2.38. The summed E-state index contributed by atoms with van der Waals surface area (Å²) in [6.07, 6.45) is 3.38. The van der Waals surface area contributed by atoms with Gasteiger partial charge in [0, 0.05) is 16.0 Å². The molecule has 1 aliphatic rings. The van der Waals surface area contributed by atoms with Gasteiger partial charge in [0.2, 0.25) is 0 Å². The molecule has 1 saturated heterocycles. The normalized spacial score (nSPS) is 15.5.